The number of alkyl halides is 3. The maximum absolute atomic E-state index is 12.3. The Hall–Kier alpha value is -1.57. The molecule has 2 unspecified atom stereocenters. The summed E-state index contributed by atoms with van der Waals surface area (Å²) in [6, 6.07) is -1.39. The summed E-state index contributed by atoms with van der Waals surface area (Å²) in [5, 5.41) is 11.2. The van der Waals surface area contributed by atoms with Crippen molar-refractivity contribution in [3.05, 3.63) is 18.2 Å². The zero-order valence-corrected chi connectivity index (χ0v) is 9.90. The topological polar surface area (TPSA) is 67.2 Å². The van der Waals surface area contributed by atoms with E-state index >= 15 is 0 Å². The Kier molecular flexibility index (Phi) is 4.33. The smallest absolute Gasteiger partial charge is 0.382 e. The monoisotopic (exact) mass is 265 g/mol. The second-order valence-corrected chi connectivity index (χ2v) is 3.90. The Bertz CT molecular complexity index is 417. The first kappa shape index (κ1) is 14.5. The first-order chi connectivity index (χ1) is 8.25. The van der Waals surface area contributed by atoms with E-state index in [9.17, 15) is 18.0 Å². The van der Waals surface area contributed by atoms with Gasteiger partial charge in [0.2, 0.25) is 0 Å². The number of nitrogens with zero attached hydrogens (tertiary/aromatic N) is 2. The normalized spacial score (nSPS) is 15.2. The van der Waals surface area contributed by atoms with Crippen molar-refractivity contribution >= 4 is 5.91 Å². The number of hydrogen-bond acceptors (Lipinski definition) is 3. The van der Waals surface area contributed by atoms with E-state index in [1.165, 1.54) is 24.0 Å². The molecular weight excluding hydrogens is 251 g/mol. The minimum atomic E-state index is -4.77. The molecule has 1 aromatic rings. The molecule has 0 bridgehead atoms. The van der Waals surface area contributed by atoms with Crippen LogP contribution in [0.25, 0.3) is 0 Å². The molecule has 1 heterocycles. The average Bonchev–Trinajstić information content (AvgIpc) is 2.70. The second kappa shape index (κ2) is 5.38. The van der Waals surface area contributed by atoms with Crippen LogP contribution in [0.1, 0.15) is 23.8 Å². The minimum Gasteiger partial charge on any atom is -0.382 e. The summed E-state index contributed by atoms with van der Waals surface area (Å²) >= 11 is 0. The molecule has 1 amide bonds. The number of carbonyl (C=O) groups excluding carboxylic acids is 1. The Balaban J connectivity index is 2.72. The van der Waals surface area contributed by atoms with E-state index in [0.717, 1.165) is 0 Å². The highest BCUT2D eigenvalue weighted by Gasteiger charge is 2.43. The van der Waals surface area contributed by atoms with E-state index in [1.807, 2.05) is 0 Å². The van der Waals surface area contributed by atoms with Crippen LogP contribution in [0.3, 0.4) is 0 Å². The Morgan fingerprint density at radius 2 is 2.22 bits per heavy atom. The molecule has 0 radical (unpaired) electrons. The van der Waals surface area contributed by atoms with E-state index < -0.39 is 24.2 Å². The summed E-state index contributed by atoms with van der Waals surface area (Å²) in [7, 11) is 1.63. The van der Waals surface area contributed by atoms with Crippen LogP contribution in [0.15, 0.2) is 12.5 Å². The van der Waals surface area contributed by atoms with Gasteiger partial charge in [0.15, 0.2) is 6.10 Å². The lowest BCUT2D eigenvalue weighted by Gasteiger charge is -2.24. The lowest BCUT2D eigenvalue weighted by molar-refractivity contribution is -0.211. The lowest BCUT2D eigenvalue weighted by Crippen LogP contribution is -2.49. The third-order valence-electron chi connectivity index (χ3n) is 2.41. The minimum absolute atomic E-state index is 0.00493. The van der Waals surface area contributed by atoms with Crippen LogP contribution in [0, 0.1) is 0 Å². The van der Waals surface area contributed by atoms with Gasteiger partial charge in [0.1, 0.15) is 5.69 Å². The third kappa shape index (κ3) is 3.46. The first-order valence-electron chi connectivity index (χ1n) is 5.29. The number of nitrogens with one attached hydrogen (secondary N) is 1. The molecule has 0 aliphatic rings. The number of imidazole rings is 1. The maximum atomic E-state index is 12.3. The van der Waals surface area contributed by atoms with Crippen molar-refractivity contribution in [3.8, 4) is 0 Å². The van der Waals surface area contributed by atoms with Crippen molar-refractivity contribution in [1.82, 2.24) is 14.9 Å². The van der Waals surface area contributed by atoms with E-state index in [0.29, 0.717) is 0 Å². The van der Waals surface area contributed by atoms with Crippen molar-refractivity contribution in [3.63, 3.8) is 0 Å². The van der Waals surface area contributed by atoms with Crippen molar-refractivity contribution in [2.75, 3.05) is 0 Å². The standard InChI is InChI=1S/C10H14F3N3O2/c1-3-6(8(17)10(11,12)13)15-9(18)7-4-16(2)5-14-7/h4-6,8,17H,3H2,1-2H3,(H,15,18). The molecule has 18 heavy (non-hydrogen) atoms. The van der Waals surface area contributed by atoms with Gasteiger partial charge in [-0.1, -0.05) is 6.92 Å². The lowest BCUT2D eigenvalue weighted by atomic mass is 10.1. The first-order valence-corrected chi connectivity index (χ1v) is 5.29. The number of halogens is 3. The van der Waals surface area contributed by atoms with Crippen LogP contribution >= 0.6 is 0 Å². The quantitative estimate of drug-likeness (QED) is 0.848. The number of aliphatic hydroxyl groups excluding tert-OH is 1. The molecule has 102 valence electrons. The number of carbonyl (C=O) groups is 1. The van der Waals surface area contributed by atoms with Gasteiger partial charge in [-0.3, -0.25) is 4.79 Å². The largest absolute Gasteiger partial charge is 0.416 e. The molecule has 0 spiro atoms. The van der Waals surface area contributed by atoms with Crippen molar-refractivity contribution in [2.45, 2.75) is 31.7 Å². The molecular formula is C10H14F3N3O2. The van der Waals surface area contributed by atoms with Gasteiger partial charge in [-0.15, -0.1) is 0 Å². The average molecular weight is 265 g/mol. The van der Waals surface area contributed by atoms with E-state index in [2.05, 4.69) is 10.3 Å². The predicted molar refractivity (Wildman–Crippen MR) is 56.8 cm³/mol. The fourth-order valence-electron chi connectivity index (χ4n) is 1.40. The molecule has 0 aliphatic carbocycles. The Morgan fingerprint density at radius 3 is 2.61 bits per heavy atom. The molecule has 0 aromatic carbocycles. The molecule has 5 nitrogen and oxygen atoms in total. The summed E-state index contributed by atoms with van der Waals surface area (Å²) < 4.78 is 38.5. The van der Waals surface area contributed by atoms with Gasteiger partial charge in [0.05, 0.1) is 12.4 Å². The Labute approximate surface area is 102 Å². The molecule has 0 aliphatic heterocycles. The molecule has 2 atom stereocenters. The summed E-state index contributed by atoms with van der Waals surface area (Å²) in [5.41, 5.74) is 0.00493. The second-order valence-electron chi connectivity index (χ2n) is 3.90. The summed E-state index contributed by atoms with van der Waals surface area (Å²) in [6.45, 7) is 1.44. The predicted octanol–water partition coefficient (Wildman–Crippen LogP) is 0.852. The summed E-state index contributed by atoms with van der Waals surface area (Å²) in [6.07, 6.45) is -4.66. The van der Waals surface area contributed by atoms with Gasteiger partial charge < -0.3 is 15.0 Å². The fourth-order valence-corrected chi connectivity index (χ4v) is 1.40. The number of aromatic nitrogens is 2. The van der Waals surface area contributed by atoms with Crippen LogP contribution in [0.2, 0.25) is 0 Å². The number of hydrogen-bond donors (Lipinski definition) is 2. The van der Waals surface area contributed by atoms with E-state index in [1.54, 1.807) is 7.05 Å². The zero-order valence-electron chi connectivity index (χ0n) is 9.90. The van der Waals surface area contributed by atoms with Gasteiger partial charge in [-0.05, 0) is 6.42 Å². The molecule has 0 saturated carbocycles. The van der Waals surface area contributed by atoms with Crippen LogP contribution in [0.4, 0.5) is 13.2 Å². The molecule has 1 aromatic heterocycles. The maximum Gasteiger partial charge on any atom is 0.416 e. The summed E-state index contributed by atoms with van der Waals surface area (Å²) in [5.74, 6) is -0.745. The SMILES string of the molecule is CCC(NC(=O)c1cn(C)cn1)C(O)C(F)(F)F. The molecule has 0 fully saturated rings. The van der Waals surface area contributed by atoms with Gasteiger partial charge in [0, 0.05) is 13.2 Å². The molecule has 0 saturated heterocycles. The third-order valence-corrected chi connectivity index (χ3v) is 2.41. The molecule has 8 heteroatoms. The fraction of sp³-hybridized carbons (Fsp3) is 0.600. The van der Waals surface area contributed by atoms with Crippen LogP contribution in [0.5, 0.6) is 0 Å². The Morgan fingerprint density at radius 1 is 1.61 bits per heavy atom. The number of aliphatic hydroxyl groups is 1. The van der Waals surface area contributed by atoms with E-state index in [-0.39, 0.29) is 12.1 Å². The highest BCUT2D eigenvalue weighted by atomic mass is 19.4. The molecule has 2 N–H and O–H groups in total. The van der Waals surface area contributed by atoms with E-state index in [4.69, 9.17) is 5.11 Å². The number of aryl methyl sites for hydroxylation is 1. The number of rotatable bonds is 4. The van der Waals surface area contributed by atoms with Gasteiger partial charge in [-0.2, -0.15) is 13.2 Å². The summed E-state index contributed by atoms with van der Waals surface area (Å²) in [4.78, 5) is 15.3. The number of amides is 1. The van der Waals surface area contributed by atoms with Gasteiger partial charge >= 0.3 is 6.18 Å². The van der Waals surface area contributed by atoms with Crippen molar-refractivity contribution < 1.29 is 23.1 Å². The van der Waals surface area contributed by atoms with Crippen molar-refractivity contribution in [2.24, 2.45) is 7.05 Å². The van der Waals surface area contributed by atoms with Crippen LogP contribution in [-0.2, 0) is 7.05 Å². The van der Waals surface area contributed by atoms with Gasteiger partial charge in [-0.25, -0.2) is 4.98 Å². The highest BCUT2D eigenvalue weighted by molar-refractivity contribution is 5.92. The van der Waals surface area contributed by atoms with Crippen molar-refractivity contribution in [1.29, 1.82) is 0 Å². The zero-order chi connectivity index (χ0) is 13.9. The van der Waals surface area contributed by atoms with Crippen LogP contribution < -0.4 is 5.32 Å². The van der Waals surface area contributed by atoms with Gasteiger partial charge in [0.25, 0.3) is 5.91 Å². The van der Waals surface area contributed by atoms with Crippen LogP contribution in [-0.4, -0.2) is 38.9 Å². The highest BCUT2D eigenvalue weighted by Crippen LogP contribution is 2.23. The molecule has 1 rings (SSSR count).